The van der Waals surface area contributed by atoms with Crippen LogP contribution in [-0.2, 0) is 54.3 Å². The molecule has 0 aliphatic heterocycles. The van der Waals surface area contributed by atoms with Crippen LogP contribution in [0.15, 0.2) is 49.6 Å². The summed E-state index contributed by atoms with van der Waals surface area (Å²) in [4.78, 5) is 67.9. The Hall–Kier alpha value is -5.76. The Labute approximate surface area is 467 Å². The SMILES string of the molecule is C.COC(=O)C(CC1CCCC1)n1cc(CC2CC2)cn1.COC(=O)c1cnc(CC(=O)C(CC2CCCC2)n2cc(CC3CC3)cn2)s1.COC(=O)c1cnc(N)s1.O=C(O)C(CC1CCCC1)n1cc(CC2CC2)cn1. The molecule has 6 fully saturated rings. The molecule has 3 atom stereocenters. The number of nitrogen functional groups attached to an aromatic ring is 1. The van der Waals surface area contributed by atoms with Crippen LogP contribution in [0, 0.1) is 35.5 Å². The van der Waals surface area contributed by atoms with Crippen LogP contribution in [0.5, 0.6) is 0 Å². The molecule has 0 amide bonds. The molecule has 5 aromatic rings. The van der Waals surface area contributed by atoms with Crippen molar-refractivity contribution in [2.45, 2.75) is 186 Å². The lowest BCUT2D eigenvalue weighted by Crippen LogP contribution is -2.24. The molecule has 18 nitrogen and oxygen atoms in total. The van der Waals surface area contributed by atoms with Gasteiger partial charge in [0.1, 0.15) is 32.9 Å². The number of methoxy groups -OCH3 is 3. The molecule has 20 heteroatoms. The highest BCUT2D eigenvalue weighted by molar-refractivity contribution is 7.17. The Bertz CT molecular complexity index is 2680. The number of ether oxygens (including phenoxy) is 3. The predicted octanol–water partition coefficient (Wildman–Crippen LogP) is 11.3. The van der Waals surface area contributed by atoms with E-state index in [0.717, 1.165) is 67.6 Å². The molecule has 5 aromatic heterocycles. The van der Waals surface area contributed by atoms with Gasteiger partial charge in [-0.3, -0.25) is 18.8 Å². The number of hydrogen-bond acceptors (Lipinski definition) is 16. The smallest absolute Gasteiger partial charge is 0.349 e. The summed E-state index contributed by atoms with van der Waals surface area (Å²) in [5.74, 6) is 2.69. The number of carboxylic acid groups (broad SMARTS) is 1. The van der Waals surface area contributed by atoms with Crippen LogP contribution < -0.4 is 5.73 Å². The monoisotopic (exact) mass is 1110 g/mol. The molecule has 11 rings (SSSR count). The summed E-state index contributed by atoms with van der Waals surface area (Å²) < 4.78 is 19.5. The zero-order valence-electron chi connectivity index (χ0n) is 45.2. The molecule has 0 radical (unpaired) electrons. The highest BCUT2D eigenvalue weighted by Gasteiger charge is 2.32. The quantitative estimate of drug-likeness (QED) is 0.0484. The lowest BCUT2D eigenvalue weighted by atomic mass is 9.95. The van der Waals surface area contributed by atoms with E-state index >= 15 is 0 Å². The van der Waals surface area contributed by atoms with Gasteiger partial charge in [0.25, 0.3) is 0 Å². The zero-order chi connectivity index (χ0) is 54.3. The summed E-state index contributed by atoms with van der Waals surface area (Å²) in [7, 11) is 4.14. The minimum absolute atomic E-state index is 0. The number of ketones is 1. The Morgan fingerprint density at radius 1 is 0.538 bits per heavy atom. The van der Waals surface area contributed by atoms with Crippen LogP contribution in [-0.4, -0.2) is 95.4 Å². The summed E-state index contributed by atoms with van der Waals surface area (Å²) in [5.41, 5.74) is 8.95. The number of rotatable bonds is 22. The van der Waals surface area contributed by atoms with E-state index in [1.807, 2.05) is 34.2 Å². The molecule has 78 heavy (non-hydrogen) atoms. The first-order chi connectivity index (χ1) is 37.3. The van der Waals surface area contributed by atoms with Crippen LogP contribution in [0.1, 0.15) is 201 Å². The molecule has 0 bridgehead atoms. The molecule has 426 valence electrons. The van der Waals surface area contributed by atoms with E-state index in [1.165, 1.54) is 177 Å². The normalized spacial score (nSPS) is 18.4. The van der Waals surface area contributed by atoms with Crippen molar-refractivity contribution in [3.8, 4) is 0 Å². The van der Waals surface area contributed by atoms with E-state index < -0.39 is 23.9 Å². The maximum atomic E-state index is 13.2. The van der Waals surface area contributed by atoms with Gasteiger partial charge in [0, 0.05) is 18.6 Å². The van der Waals surface area contributed by atoms with E-state index in [9.17, 15) is 29.1 Å². The molecule has 3 N–H and O–H groups in total. The van der Waals surface area contributed by atoms with Crippen molar-refractivity contribution in [1.29, 1.82) is 0 Å². The second kappa shape index (κ2) is 29.5. The summed E-state index contributed by atoms with van der Waals surface area (Å²) in [6.45, 7) is 0. The summed E-state index contributed by atoms with van der Waals surface area (Å²) >= 11 is 2.35. The molecule has 6 aliphatic carbocycles. The van der Waals surface area contributed by atoms with E-state index in [2.05, 4.69) is 42.4 Å². The first kappa shape index (κ1) is 59.9. The number of carboxylic acids is 1. The summed E-state index contributed by atoms with van der Waals surface area (Å²) in [6, 6.07) is -0.964. The average Bonchev–Trinajstić information content (AvgIpc) is 4.01. The van der Waals surface area contributed by atoms with Crippen molar-refractivity contribution in [2.75, 3.05) is 27.1 Å². The van der Waals surface area contributed by atoms with Crippen molar-refractivity contribution in [1.82, 2.24) is 39.3 Å². The summed E-state index contributed by atoms with van der Waals surface area (Å²) in [6.07, 6.45) is 43.4. The molecule has 0 saturated heterocycles. The number of nitrogens with two attached hydrogens (primary N) is 1. The molecule has 6 aliphatic rings. The fourth-order valence-electron chi connectivity index (χ4n) is 11.1. The van der Waals surface area contributed by atoms with E-state index in [4.69, 9.17) is 15.2 Å². The molecular formula is C58H83N9O9S2. The minimum atomic E-state index is -0.743. The van der Waals surface area contributed by atoms with E-state index in [0.29, 0.717) is 37.6 Å². The van der Waals surface area contributed by atoms with Crippen molar-refractivity contribution < 1.29 is 43.3 Å². The zero-order valence-corrected chi connectivity index (χ0v) is 46.8. The first-order valence-electron chi connectivity index (χ1n) is 28.1. The van der Waals surface area contributed by atoms with Gasteiger partial charge in [-0.2, -0.15) is 15.3 Å². The molecular weight excluding hydrogens is 1030 g/mol. The fraction of sp³-hybridized carbons (Fsp3) is 0.655. The van der Waals surface area contributed by atoms with Crippen molar-refractivity contribution in [3.63, 3.8) is 0 Å². The maximum Gasteiger partial charge on any atom is 0.349 e. The number of thiazole rings is 2. The van der Waals surface area contributed by atoms with Gasteiger partial charge in [0.2, 0.25) is 0 Å². The Morgan fingerprint density at radius 3 is 1.31 bits per heavy atom. The third-order valence-corrected chi connectivity index (χ3v) is 17.8. The number of aliphatic carboxylic acids is 1. The number of Topliss-reactive ketones (excluding diaryl/α,β-unsaturated/α-hetero) is 1. The largest absolute Gasteiger partial charge is 0.480 e. The summed E-state index contributed by atoms with van der Waals surface area (Å²) in [5, 5.41) is 23.7. The predicted molar refractivity (Wildman–Crippen MR) is 299 cm³/mol. The standard InChI is InChI=1S/C21H27N3O3S.C16H24N2O2.C15H22N2O2.C5H6N2O2S.CH4/c1-27-21(26)19-12-22-20(28-19)10-18(25)17(9-14-4-2-3-5-14)24-13-16(11-23-24)8-15-6-7-15;1-20-16(19)15(9-12-4-2-3-5-12)18-11-14(10-17-18)8-13-6-7-13;18-15(19)14(8-11-3-1-2-4-11)17-10-13(9-16-17)7-12-5-6-12;1-9-4(8)3-2-7-5(6)10-3;/h11-15,17H,2-10H2,1H3;10-13,15H,2-9H2,1H3;9-12,14H,1-8H2,(H,18,19);2H,1H3,(H2,6,7);1H4. The van der Waals surface area contributed by atoms with Gasteiger partial charge in [0.05, 0.1) is 58.7 Å². The molecule has 0 aromatic carbocycles. The van der Waals surface area contributed by atoms with Crippen LogP contribution >= 0.6 is 22.7 Å². The van der Waals surface area contributed by atoms with Crippen molar-refractivity contribution in [2.24, 2.45) is 35.5 Å². The van der Waals surface area contributed by atoms with Crippen LogP contribution in [0.3, 0.4) is 0 Å². The van der Waals surface area contributed by atoms with Gasteiger partial charge in [0.15, 0.2) is 10.9 Å². The third kappa shape index (κ3) is 18.4. The lowest BCUT2D eigenvalue weighted by Gasteiger charge is -2.20. The number of esters is 3. The fourth-order valence-corrected chi connectivity index (χ4v) is 12.6. The number of anilines is 1. The second-order valence-electron chi connectivity index (χ2n) is 22.3. The maximum absolute atomic E-state index is 13.2. The van der Waals surface area contributed by atoms with Gasteiger partial charge < -0.3 is 25.1 Å². The minimum Gasteiger partial charge on any atom is -0.480 e. The van der Waals surface area contributed by atoms with Crippen LogP contribution in [0.25, 0.3) is 0 Å². The number of nitrogens with zero attached hydrogens (tertiary/aromatic N) is 8. The van der Waals surface area contributed by atoms with Gasteiger partial charge in [-0.15, -0.1) is 11.3 Å². The number of carbonyl (C=O) groups excluding carboxylic acids is 4. The molecule has 6 saturated carbocycles. The van der Waals surface area contributed by atoms with Gasteiger partial charge in [-0.05, 0) is 129 Å². The average molecular weight is 1110 g/mol. The Morgan fingerprint density at radius 2 is 0.923 bits per heavy atom. The highest BCUT2D eigenvalue weighted by Crippen LogP contribution is 2.38. The van der Waals surface area contributed by atoms with Crippen molar-refractivity contribution >= 4 is 57.5 Å². The third-order valence-electron chi connectivity index (χ3n) is 16.0. The number of carbonyl (C=O) groups is 5. The Kier molecular flexibility index (Phi) is 22.6. The first-order valence-corrected chi connectivity index (χ1v) is 29.7. The van der Waals surface area contributed by atoms with Gasteiger partial charge in [-0.1, -0.05) is 95.8 Å². The number of aromatic nitrogens is 8. The topological polar surface area (TPSA) is 239 Å². The van der Waals surface area contributed by atoms with Gasteiger partial charge >= 0.3 is 23.9 Å². The van der Waals surface area contributed by atoms with E-state index in [1.54, 1.807) is 4.68 Å². The molecule has 3 unspecified atom stereocenters. The highest BCUT2D eigenvalue weighted by atomic mass is 32.1. The van der Waals surface area contributed by atoms with Crippen LogP contribution in [0.2, 0.25) is 0 Å². The van der Waals surface area contributed by atoms with E-state index in [-0.39, 0.29) is 37.7 Å². The van der Waals surface area contributed by atoms with Crippen LogP contribution in [0.4, 0.5) is 5.13 Å². The Balaban J connectivity index is 0.000000158. The molecule has 0 spiro atoms. The second-order valence-corrected chi connectivity index (χ2v) is 24.5. The lowest BCUT2D eigenvalue weighted by molar-refractivity contribution is -0.145. The van der Waals surface area contributed by atoms with Gasteiger partial charge in [-0.25, -0.2) is 29.1 Å². The number of hydrogen-bond donors (Lipinski definition) is 2. The van der Waals surface area contributed by atoms with Crippen molar-refractivity contribution in [3.05, 3.63) is 81.0 Å². The molecule has 5 heterocycles.